The number of benzene rings is 2. The first-order valence-electron chi connectivity index (χ1n) is 13.3. The molecule has 2 atom stereocenters. The number of carbonyl (C=O) groups excluding carboxylic acids is 4. The summed E-state index contributed by atoms with van der Waals surface area (Å²) in [6, 6.07) is 12.1. The molecule has 0 aliphatic heterocycles. The minimum Gasteiger partial charge on any atom is -0.497 e. The number of thiol groups is 1. The van der Waals surface area contributed by atoms with Gasteiger partial charge in [-0.25, -0.2) is 0 Å². The third kappa shape index (κ3) is 13.5. The van der Waals surface area contributed by atoms with Crippen LogP contribution in [0.1, 0.15) is 66.3 Å². The van der Waals surface area contributed by atoms with Crippen molar-refractivity contribution in [2.24, 2.45) is 5.73 Å². The average Bonchev–Trinajstić information content (AvgIpc) is 2.97. The molecule has 0 saturated heterocycles. The summed E-state index contributed by atoms with van der Waals surface area (Å²) in [4.78, 5) is 68.2. The third-order valence-electron chi connectivity index (χ3n) is 6.05. The van der Waals surface area contributed by atoms with Gasteiger partial charge in [-0.3, -0.25) is 28.8 Å². The summed E-state index contributed by atoms with van der Waals surface area (Å²) in [5, 5.41) is 21.4. The lowest BCUT2D eigenvalue weighted by molar-refractivity contribution is -0.139. The monoisotopic (exact) mass is 617 g/mol. The number of carboxylic acids is 2. The number of nitrogens with one attached hydrogen (secondary N) is 2. The van der Waals surface area contributed by atoms with Crippen LogP contribution in [0.4, 0.5) is 0 Å². The van der Waals surface area contributed by atoms with Crippen molar-refractivity contribution in [2.75, 3.05) is 19.4 Å². The Morgan fingerprint density at radius 3 is 1.84 bits per heavy atom. The first-order chi connectivity index (χ1) is 20.1. The summed E-state index contributed by atoms with van der Waals surface area (Å²) in [5.74, 6) is -3.36. The number of ketones is 2. The fraction of sp³-hybridized carbons (Fsp3) is 0.400. The van der Waals surface area contributed by atoms with E-state index in [-0.39, 0.29) is 42.0 Å². The van der Waals surface area contributed by atoms with Gasteiger partial charge in [0.2, 0.25) is 11.8 Å². The van der Waals surface area contributed by atoms with E-state index >= 15 is 0 Å². The van der Waals surface area contributed by atoms with Gasteiger partial charge in [-0.05, 0) is 41.7 Å². The van der Waals surface area contributed by atoms with Gasteiger partial charge in [0.1, 0.15) is 24.4 Å². The maximum absolute atomic E-state index is 12.3. The number of methoxy groups -OCH3 is 1. The quantitative estimate of drug-likeness (QED) is 0.104. The van der Waals surface area contributed by atoms with Crippen molar-refractivity contribution in [3.8, 4) is 5.75 Å². The highest BCUT2D eigenvalue weighted by atomic mass is 32.1. The summed E-state index contributed by atoms with van der Waals surface area (Å²) in [7, 11) is 1.57. The van der Waals surface area contributed by atoms with Gasteiger partial charge >= 0.3 is 11.9 Å². The predicted octanol–water partition coefficient (Wildman–Crippen LogP) is 2.24. The number of amides is 2. The van der Waals surface area contributed by atoms with Crippen LogP contribution in [0.3, 0.4) is 0 Å². The minimum absolute atomic E-state index is 0.0256. The normalized spacial score (nSPS) is 12.0. The molecule has 0 fully saturated rings. The Bertz CT molecular complexity index is 1270. The Kier molecular flexibility index (Phi) is 15.1. The van der Waals surface area contributed by atoms with Crippen molar-refractivity contribution >= 4 is 47.9 Å². The van der Waals surface area contributed by atoms with E-state index in [1.165, 1.54) is 0 Å². The van der Waals surface area contributed by atoms with Gasteiger partial charge in [0.05, 0.1) is 13.5 Å². The zero-order valence-electron chi connectivity index (χ0n) is 24.6. The van der Waals surface area contributed by atoms with Crippen LogP contribution in [0, 0.1) is 0 Å². The smallest absolute Gasteiger partial charge is 0.322 e. The lowest BCUT2D eigenvalue weighted by Gasteiger charge is -2.18. The Labute approximate surface area is 255 Å². The number of hydrogen-bond donors (Lipinski definition) is 6. The van der Waals surface area contributed by atoms with E-state index in [1.807, 2.05) is 12.1 Å². The van der Waals surface area contributed by atoms with Gasteiger partial charge in [-0.2, -0.15) is 12.6 Å². The van der Waals surface area contributed by atoms with Crippen LogP contribution >= 0.6 is 12.6 Å². The first-order valence-corrected chi connectivity index (χ1v) is 13.9. The second kappa shape index (κ2) is 17.7. The van der Waals surface area contributed by atoms with E-state index in [0.717, 1.165) is 5.56 Å². The van der Waals surface area contributed by atoms with E-state index in [0.29, 0.717) is 16.9 Å². The third-order valence-corrected chi connectivity index (χ3v) is 6.42. The molecule has 2 aromatic rings. The van der Waals surface area contributed by atoms with Crippen molar-refractivity contribution in [3.63, 3.8) is 0 Å². The molecular weight excluding hydrogens is 578 g/mol. The fourth-order valence-corrected chi connectivity index (χ4v) is 3.70. The molecule has 0 heterocycles. The maximum atomic E-state index is 12.3. The fourth-order valence-electron chi connectivity index (χ4n) is 3.44. The van der Waals surface area contributed by atoms with Crippen LogP contribution in [0.5, 0.6) is 5.75 Å². The average molecular weight is 618 g/mol. The van der Waals surface area contributed by atoms with E-state index in [1.54, 1.807) is 43.5 Å². The highest BCUT2D eigenvalue weighted by Crippen LogP contribution is 2.23. The van der Waals surface area contributed by atoms with Gasteiger partial charge < -0.3 is 31.3 Å². The highest BCUT2D eigenvalue weighted by molar-refractivity contribution is 7.80. The molecule has 0 radical (unpaired) electrons. The number of nitrogens with two attached hydrogens (primary N) is 1. The molecule has 0 bridgehead atoms. The van der Waals surface area contributed by atoms with Crippen LogP contribution in [0.25, 0.3) is 0 Å². The molecule has 0 aliphatic carbocycles. The van der Waals surface area contributed by atoms with Gasteiger partial charge in [0.25, 0.3) is 0 Å². The van der Waals surface area contributed by atoms with Crippen LogP contribution in [0.15, 0.2) is 48.5 Å². The van der Waals surface area contributed by atoms with Crippen molar-refractivity contribution < 1.29 is 43.7 Å². The van der Waals surface area contributed by atoms with Crippen LogP contribution in [0.2, 0.25) is 0 Å². The number of hydrogen-bond acceptors (Lipinski definition) is 9. The summed E-state index contributed by atoms with van der Waals surface area (Å²) in [6.45, 7) is 5.80. The molecule has 0 aromatic heterocycles. The van der Waals surface area contributed by atoms with Crippen molar-refractivity contribution in [1.82, 2.24) is 10.6 Å². The number of Topliss-reactive ketones (excluding diaryl/α,β-unsaturated/α-hetero) is 2. The van der Waals surface area contributed by atoms with Gasteiger partial charge in [-0.15, -0.1) is 0 Å². The summed E-state index contributed by atoms with van der Waals surface area (Å²) in [5.41, 5.74) is 7.52. The standard InChI is InChI=1S/C20H22O3.C10H17N3O6S/c1-20(2,3)16-9-5-14(6-10-16)18(21)13-19(22)15-7-11-17(23-4)12-8-15;11-5(10(18)19)1-2-7(14)13-6(4-20)9(17)12-3-8(15)16/h5-12H,13H2,1-4H3;5-6,20H,1-4,11H2,(H,12,17)(H,13,14)(H,15,16)(H,18,19)/t;5-,6-/m.0/s1. The zero-order valence-corrected chi connectivity index (χ0v) is 25.5. The number of carbonyl (C=O) groups is 6. The van der Waals surface area contributed by atoms with Crippen LogP contribution in [-0.4, -0.2) is 77.0 Å². The van der Waals surface area contributed by atoms with Crippen molar-refractivity contribution in [2.45, 2.75) is 57.5 Å². The zero-order chi connectivity index (χ0) is 32.7. The molecule has 234 valence electrons. The SMILES string of the molecule is COc1ccc(C(=O)CC(=O)c2ccc(C(C)(C)C)cc2)cc1.N[C@@H](CCC(=O)N[C@@H](CS)C(=O)NCC(=O)O)C(=O)O. The Morgan fingerprint density at radius 1 is 0.907 bits per heavy atom. The number of ether oxygens (including phenoxy) is 1. The van der Waals surface area contributed by atoms with Gasteiger partial charge in [-0.1, -0.05) is 45.0 Å². The molecule has 2 amide bonds. The summed E-state index contributed by atoms with van der Waals surface area (Å²) >= 11 is 3.87. The van der Waals surface area contributed by atoms with E-state index in [9.17, 15) is 28.8 Å². The second-order valence-corrected chi connectivity index (χ2v) is 10.8. The Hall–Kier alpha value is -4.23. The largest absolute Gasteiger partial charge is 0.497 e. The van der Waals surface area contributed by atoms with Crippen LogP contribution < -0.4 is 21.1 Å². The second-order valence-electron chi connectivity index (χ2n) is 10.5. The summed E-state index contributed by atoms with van der Waals surface area (Å²) in [6.07, 6.45) is -0.359. The van der Waals surface area contributed by atoms with Crippen molar-refractivity contribution in [3.05, 3.63) is 65.2 Å². The molecule has 13 heteroatoms. The molecule has 2 aromatic carbocycles. The maximum Gasteiger partial charge on any atom is 0.322 e. The molecule has 2 rings (SSSR count). The van der Waals surface area contributed by atoms with E-state index in [2.05, 4.69) is 44.0 Å². The molecule has 43 heavy (non-hydrogen) atoms. The number of aliphatic carboxylic acids is 2. The predicted molar refractivity (Wildman–Crippen MR) is 163 cm³/mol. The lowest BCUT2D eigenvalue weighted by atomic mass is 9.86. The number of carboxylic acid groups (broad SMARTS) is 2. The lowest BCUT2D eigenvalue weighted by Crippen LogP contribution is -2.49. The molecule has 0 unspecified atom stereocenters. The molecule has 0 aliphatic rings. The first kappa shape index (κ1) is 36.8. The van der Waals surface area contributed by atoms with E-state index in [4.69, 9.17) is 20.7 Å². The Morgan fingerprint density at radius 2 is 1.42 bits per heavy atom. The molecule has 12 nitrogen and oxygen atoms in total. The summed E-state index contributed by atoms with van der Waals surface area (Å²) < 4.78 is 5.06. The molecule has 0 spiro atoms. The Balaban J connectivity index is 0.000000436. The highest BCUT2D eigenvalue weighted by Gasteiger charge is 2.21. The van der Waals surface area contributed by atoms with Crippen LogP contribution in [-0.2, 0) is 24.6 Å². The molecular formula is C30H39N3O9S. The molecule has 0 saturated carbocycles. The van der Waals surface area contributed by atoms with Gasteiger partial charge in [0.15, 0.2) is 11.6 Å². The minimum atomic E-state index is -1.22. The molecule has 6 N–H and O–H groups in total. The van der Waals surface area contributed by atoms with Crippen molar-refractivity contribution in [1.29, 1.82) is 0 Å². The topological polar surface area (TPSA) is 202 Å². The number of rotatable bonds is 14. The van der Waals surface area contributed by atoms with E-state index < -0.39 is 42.4 Å². The van der Waals surface area contributed by atoms with Gasteiger partial charge in [0, 0.05) is 23.3 Å².